The first kappa shape index (κ1) is 12.9. The van der Waals surface area contributed by atoms with Gasteiger partial charge in [-0.1, -0.05) is 0 Å². The first-order valence-corrected chi connectivity index (χ1v) is 8.41. The second-order valence-electron chi connectivity index (χ2n) is 5.00. The van der Waals surface area contributed by atoms with Crippen LogP contribution in [-0.4, -0.2) is 34.7 Å². The summed E-state index contributed by atoms with van der Waals surface area (Å²) in [5, 5.41) is 2.24. The van der Waals surface area contributed by atoms with Crippen LogP contribution in [0, 0.1) is 6.92 Å². The van der Waals surface area contributed by atoms with Gasteiger partial charge in [-0.3, -0.25) is 0 Å². The third-order valence-corrected chi connectivity index (χ3v) is 4.37. The Balaban J connectivity index is 1.99. The summed E-state index contributed by atoms with van der Waals surface area (Å²) in [4.78, 5) is 9.13. The molecule has 0 amide bonds. The molecule has 0 bridgehead atoms. The number of rotatable bonds is 1. The number of fused-ring (bicyclic) bond motifs is 3. The van der Waals surface area contributed by atoms with Gasteiger partial charge < -0.3 is 0 Å². The van der Waals surface area contributed by atoms with E-state index < -0.39 is 0 Å². The van der Waals surface area contributed by atoms with E-state index in [1.54, 1.807) is 0 Å². The van der Waals surface area contributed by atoms with E-state index in [1.807, 2.05) is 43.3 Å². The van der Waals surface area contributed by atoms with Gasteiger partial charge in [-0.05, 0) is 0 Å². The van der Waals surface area contributed by atoms with Gasteiger partial charge in [0.1, 0.15) is 0 Å². The first-order valence-electron chi connectivity index (χ1n) is 6.67. The second-order valence-corrected chi connectivity index (χ2v) is 6.78. The van der Waals surface area contributed by atoms with Crippen molar-refractivity contribution in [3.8, 4) is 11.4 Å². The van der Waals surface area contributed by atoms with Crippen molar-refractivity contribution >= 4 is 50.1 Å². The number of hydrogen-bond donors (Lipinski definition) is 0. The molecule has 3 nitrogen and oxygen atoms in total. The van der Waals surface area contributed by atoms with Crippen LogP contribution in [0.2, 0.25) is 0 Å². The van der Waals surface area contributed by atoms with Crippen LogP contribution in [0.5, 0.6) is 0 Å². The fourth-order valence-corrected chi connectivity index (χ4v) is 3.64. The third-order valence-electron chi connectivity index (χ3n) is 3.48. The van der Waals surface area contributed by atoms with Crippen molar-refractivity contribution in [2.24, 2.45) is 0 Å². The molecular weight excluding hydrogens is 457 g/mol. The predicted molar refractivity (Wildman–Crippen MR) is 84.9 cm³/mol. The number of hydrogen-bond acceptors (Lipinski definition) is 3. The molecule has 0 fully saturated rings. The summed E-state index contributed by atoms with van der Waals surface area (Å²) in [5.74, 6) is 0.791. The van der Waals surface area contributed by atoms with Gasteiger partial charge in [-0.25, -0.2) is 0 Å². The standard InChI is InChI=1S/C17H11N2O.Bi/c1-11-8-9-18-17(19-11)12-6-7-16-14(10-12)13-4-2-3-5-15(13)20-16;/h2-8,10H,1H3;. The second kappa shape index (κ2) is 4.89. The van der Waals surface area contributed by atoms with Gasteiger partial charge in [0, 0.05) is 0 Å². The zero-order valence-corrected chi connectivity index (χ0v) is 14.8. The van der Waals surface area contributed by atoms with Crippen LogP contribution in [-0.2, 0) is 0 Å². The molecule has 2 aromatic heterocycles. The molecule has 2 radical (unpaired) electrons. The van der Waals surface area contributed by atoms with E-state index in [0.29, 0.717) is 0 Å². The maximum atomic E-state index is 5.86. The minimum absolute atomic E-state index is 0.791. The molecule has 100 valence electrons. The number of nitrogens with zero attached hydrogens (tertiary/aromatic N) is 2. The summed E-state index contributed by atoms with van der Waals surface area (Å²) in [6, 6.07) is 16.3. The predicted octanol–water partition coefficient (Wildman–Crippen LogP) is 3.15. The van der Waals surface area contributed by atoms with Gasteiger partial charge in [0.05, 0.1) is 0 Å². The zero-order chi connectivity index (χ0) is 14.4. The van der Waals surface area contributed by atoms with Gasteiger partial charge in [-0.15, -0.1) is 0 Å². The molecule has 0 aliphatic rings. The van der Waals surface area contributed by atoms with Crippen LogP contribution in [0.15, 0.2) is 52.9 Å². The molecule has 0 atom stereocenters. The van der Waals surface area contributed by atoms with Crippen molar-refractivity contribution in [1.82, 2.24) is 9.97 Å². The molecule has 0 saturated carbocycles. The molecule has 4 rings (SSSR count). The van der Waals surface area contributed by atoms with Gasteiger partial charge >= 0.3 is 137 Å². The van der Waals surface area contributed by atoms with Crippen molar-refractivity contribution < 1.29 is 4.42 Å². The van der Waals surface area contributed by atoms with E-state index in [4.69, 9.17) is 4.42 Å². The molecule has 4 aromatic rings. The van der Waals surface area contributed by atoms with Crippen molar-refractivity contribution in [2.45, 2.75) is 6.92 Å². The van der Waals surface area contributed by atoms with E-state index in [-0.39, 0.29) is 0 Å². The minimum atomic E-state index is 0.791. The van der Waals surface area contributed by atoms with E-state index in [0.717, 1.165) is 67.1 Å². The van der Waals surface area contributed by atoms with E-state index in [9.17, 15) is 0 Å². The first-order chi connectivity index (χ1) is 10.2. The van der Waals surface area contributed by atoms with Crippen molar-refractivity contribution in [3.05, 3.63) is 54.2 Å². The summed E-state index contributed by atoms with van der Waals surface area (Å²) in [6.07, 6.45) is 0. The molecular formula is C17H11BiN2O. The van der Waals surface area contributed by atoms with Crippen molar-refractivity contribution in [3.63, 3.8) is 0 Å². The van der Waals surface area contributed by atoms with E-state index in [1.165, 1.54) is 0 Å². The Bertz CT molecular complexity index is 955. The SMILES string of the molecule is Cc1c[c]([Bi])nc(-c2ccc3oc4ccccc4c3c2)n1. The summed E-state index contributed by atoms with van der Waals surface area (Å²) in [7, 11) is 0. The Morgan fingerprint density at radius 3 is 2.57 bits per heavy atom. The molecule has 4 heteroatoms. The number of aromatic nitrogens is 2. The Labute approximate surface area is 136 Å². The molecule has 21 heavy (non-hydrogen) atoms. The number of aryl methyl sites for hydroxylation is 1. The Kier molecular flexibility index (Phi) is 3.00. The summed E-state index contributed by atoms with van der Waals surface area (Å²) < 4.78 is 6.95. The molecule has 0 unspecified atom stereocenters. The Morgan fingerprint density at radius 2 is 1.71 bits per heavy atom. The van der Waals surface area contributed by atoms with Crippen molar-refractivity contribution in [1.29, 1.82) is 0 Å². The Morgan fingerprint density at radius 1 is 0.905 bits per heavy atom. The molecule has 2 heterocycles. The van der Waals surface area contributed by atoms with Crippen LogP contribution >= 0.6 is 0 Å². The topological polar surface area (TPSA) is 38.9 Å². The van der Waals surface area contributed by atoms with Gasteiger partial charge in [0.25, 0.3) is 0 Å². The normalized spacial score (nSPS) is 11.3. The number of para-hydroxylation sites is 1. The monoisotopic (exact) mass is 468 g/mol. The quantitative estimate of drug-likeness (QED) is 0.403. The molecule has 0 N–H and O–H groups in total. The zero-order valence-electron chi connectivity index (χ0n) is 11.4. The average Bonchev–Trinajstić information content (AvgIpc) is 2.84. The maximum absolute atomic E-state index is 5.86. The van der Waals surface area contributed by atoms with E-state index >= 15 is 0 Å². The summed E-state index contributed by atoms with van der Waals surface area (Å²) in [5.41, 5.74) is 3.86. The Hall–Kier alpha value is -1.80. The number of furan rings is 1. The fourth-order valence-electron chi connectivity index (χ4n) is 2.55. The summed E-state index contributed by atoms with van der Waals surface area (Å²) in [6.45, 7) is 2.01. The van der Waals surface area contributed by atoms with Gasteiger partial charge in [0.2, 0.25) is 0 Å². The van der Waals surface area contributed by atoms with Crippen molar-refractivity contribution in [2.75, 3.05) is 0 Å². The van der Waals surface area contributed by atoms with Crippen LogP contribution in [0.3, 0.4) is 0 Å². The number of benzene rings is 2. The molecule has 2 aromatic carbocycles. The molecule has 0 aliphatic carbocycles. The average molecular weight is 468 g/mol. The van der Waals surface area contributed by atoms with Crippen LogP contribution in [0.25, 0.3) is 33.3 Å². The van der Waals surface area contributed by atoms with E-state index in [2.05, 4.69) is 22.1 Å². The van der Waals surface area contributed by atoms with Crippen LogP contribution in [0.1, 0.15) is 5.69 Å². The van der Waals surface area contributed by atoms with Gasteiger partial charge in [0.15, 0.2) is 0 Å². The third kappa shape index (κ3) is 2.24. The van der Waals surface area contributed by atoms with Crippen LogP contribution in [0.4, 0.5) is 0 Å². The molecule has 0 aliphatic heterocycles. The molecule has 0 spiro atoms. The fraction of sp³-hybridized carbons (Fsp3) is 0.0588. The molecule has 0 saturated heterocycles. The van der Waals surface area contributed by atoms with Gasteiger partial charge in [-0.2, -0.15) is 0 Å². The summed E-state index contributed by atoms with van der Waals surface area (Å²) >= 11 is 1.14. The van der Waals surface area contributed by atoms with Crippen LogP contribution < -0.4 is 3.40 Å².